The Morgan fingerprint density at radius 3 is 1.95 bits per heavy atom. The van der Waals surface area contributed by atoms with E-state index in [0.29, 0.717) is 0 Å². The fourth-order valence-corrected chi connectivity index (χ4v) is 5.00. The van der Waals surface area contributed by atoms with Gasteiger partial charge in [0, 0.05) is 37.2 Å². The zero-order valence-electron chi connectivity index (χ0n) is 21.8. The first kappa shape index (κ1) is 29.2. The van der Waals surface area contributed by atoms with Crippen LogP contribution in [0.1, 0.15) is 35.2 Å². The molecule has 0 radical (unpaired) electrons. The van der Waals surface area contributed by atoms with Gasteiger partial charge in [-0.3, -0.25) is 24.4 Å². The molecule has 2 aromatic carbocycles. The van der Waals surface area contributed by atoms with E-state index in [0.717, 1.165) is 69.0 Å². The predicted octanol–water partition coefficient (Wildman–Crippen LogP) is 3.12. The summed E-state index contributed by atoms with van der Waals surface area (Å²) >= 11 is 0. The molecule has 206 valence electrons. The van der Waals surface area contributed by atoms with E-state index < -0.39 is 0 Å². The van der Waals surface area contributed by atoms with E-state index in [-0.39, 0.29) is 23.8 Å². The number of carbonyl (C=O) groups excluding carboxylic acids is 1. The largest absolute Gasteiger partial charge is 0.497 e. The van der Waals surface area contributed by atoms with Gasteiger partial charge >= 0.3 is 0 Å². The first-order chi connectivity index (χ1) is 18.5. The van der Waals surface area contributed by atoms with Crippen LogP contribution in [0.5, 0.6) is 11.5 Å². The third kappa shape index (κ3) is 8.34. The van der Waals surface area contributed by atoms with E-state index in [4.69, 9.17) is 20.0 Å². The lowest BCUT2D eigenvalue weighted by atomic mass is 9.87. The highest BCUT2D eigenvalue weighted by Gasteiger charge is 2.35. The van der Waals surface area contributed by atoms with Crippen molar-refractivity contribution in [1.82, 2.24) is 9.80 Å². The molecule has 4 rings (SSSR count). The van der Waals surface area contributed by atoms with Crippen molar-refractivity contribution in [3.63, 3.8) is 0 Å². The second-order valence-corrected chi connectivity index (χ2v) is 9.30. The molecule has 0 bridgehead atoms. The van der Waals surface area contributed by atoms with Gasteiger partial charge in [0.05, 0.1) is 20.3 Å². The van der Waals surface area contributed by atoms with Crippen molar-refractivity contribution in [1.29, 1.82) is 0 Å². The molecule has 38 heavy (non-hydrogen) atoms. The second-order valence-electron chi connectivity index (χ2n) is 9.30. The lowest BCUT2D eigenvalue weighted by Crippen LogP contribution is -2.56. The van der Waals surface area contributed by atoms with E-state index in [9.17, 15) is 9.90 Å². The number of ketones is 1. The Morgan fingerprint density at radius 1 is 0.868 bits per heavy atom. The zero-order chi connectivity index (χ0) is 27.3. The van der Waals surface area contributed by atoms with Crippen LogP contribution in [0.15, 0.2) is 48.5 Å². The number of hydrogen-bond donors (Lipinski definition) is 3. The molecule has 0 amide bonds. The number of carbonyl (C=O) groups is 1. The minimum Gasteiger partial charge on any atom is -0.497 e. The molecule has 2 heterocycles. The fourth-order valence-electron chi connectivity index (χ4n) is 5.00. The summed E-state index contributed by atoms with van der Waals surface area (Å²) in [5, 5.41) is 25.4. The van der Waals surface area contributed by atoms with E-state index in [1.54, 1.807) is 14.2 Å². The van der Waals surface area contributed by atoms with E-state index in [2.05, 4.69) is 31.7 Å². The second kappa shape index (κ2) is 15.2. The Labute approximate surface area is 223 Å². The van der Waals surface area contributed by atoms with Crippen LogP contribution in [0, 0.1) is 18.1 Å². The normalized spacial score (nSPS) is 20.2. The topological polar surface area (TPSA) is 121 Å². The summed E-state index contributed by atoms with van der Waals surface area (Å²) in [5.74, 6) is 1.91. The van der Waals surface area contributed by atoms with Crippen molar-refractivity contribution in [3.8, 4) is 23.7 Å². The quantitative estimate of drug-likeness (QED) is 0.214. The summed E-state index contributed by atoms with van der Waals surface area (Å²) in [5.41, 5.74) is 2.01. The molecule has 10 nitrogen and oxygen atoms in total. The number of likely N-dealkylation sites (tertiary alicyclic amines) is 2. The van der Waals surface area contributed by atoms with Gasteiger partial charge in [-0.2, -0.15) is 10.5 Å². The number of piperidine rings is 2. The summed E-state index contributed by atoms with van der Waals surface area (Å²) in [7, 11) is 3.31. The summed E-state index contributed by atoms with van der Waals surface area (Å²) in [4.78, 5) is 24.0. The third-order valence-electron chi connectivity index (χ3n) is 7.07. The van der Waals surface area contributed by atoms with Gasteiger partial charge in [0.2, 0.25) is 12.2 Å². The van der Waals surface area contributed by atoms with Gasteiger partial charge in [0.25, 0.3) is 0 Å². The highest BCUT2D eigenvalue weighted by atomic mass is 17.1. The van der Waals surface area contributed by atoms with Gasteiger partial charge in [-0.15, -0.1) is 0 Å². The van der Waals surface area contributed by atoms with Crippen LogP contribution in [0.3, 0.4) is 0 Å². The minimum absolute atomic E-state index is 0.0516. The number of hydrogen-bond acceptors (Lipinski definition) is 10. The monoisotopic (exact) mass is 528 g/mol. The van der Waals surface area contributed by atoms with Crippen LogP contribution in [-0.2, 0) is 16.3 Å². The van der Waals surface area contributed by atoms with E-state index in [1.165, 1.54) is 17.8 Å². The number of aliphatic hydroxyl groups excluding tert-OH is 1. The van der Waals surface area contributed by atoms with Crippen LogP contribution in [-0.4, -0.2) is 83.7 Å². The molecule has 0 aliphatic carbocycles. The number of ether oxygens (including phenoxy) is 2. The fraction of sp³-hybridized carbons (Fsp3) is 0.464. The molecule has 0 spiro atoms. The Balaban J connectivity index is 0.000000599. The van der Waals surface area contributed by atoms with Crippen molar-refractivity contribution in [2.75, 3.05) is 40.4 Å². The molecule has 2 aliphatic heterocycles. The van der Waals surface area contributed by atoms with Crippen molar-refractivity contribution < 1.29 is 39.7 Å². The van der Waals surface area contributed by atoms with Gasteiger partial charge in [-0.05, 0) is 74.3 Å². The highest BCUT2D eigenvalue weighted by Crippen LogP contribution is 2.27. The average molecular weight is 529 g/mol. The van der Waals surface area contributed by atoms with Crippen LogP contribution in [0.2, 0.25) is 0 Å². The number of nitrogens with zero attached hydrogens (tertiary/aromatic N) is 2. The Morgan fingerprint density at radius 2 is 1.42 bits per heavy atom. The predicted molar refractivity (Wildman–Crippen MR) is 140 cm³/mol. The molecule has 10 heteroatoms. The molecular formula is C28H36N2O8. The third-order valence-corrected chi connectivity index (χ3v) is 7.07. The number of benzene rings is 2. The molecule has 2 fully saturated rings. The molecule has 2 saturated heterocycles. The standard InChI is InChI=1S/C26H34N2O4.C2H2O4/c1-31-22-7-3-19(4-8-22)17-27-14-13-25(29)24(18-27)28-15-11-21(12-16-28)26(30)20-5-9-23(32-2)10-6-20;3-5-1-2-6-4/h3-10,21,24-25,29H,11-18H2,1-2H3;3-4H. The number of aliphatic hydroxyl groups is 1. The molecule has 2 aliphatic rings. The highest BCUT2D eigenvalue weighted by molar-refractivity contribution is 5.98. The van der Waals surface area contributed by atoms with Crippen LogP contribution < -0.4 is 9.47 Å². The zero-order valence-corrected chi connectivity index (χ0v) is 21.8. The first-order valence-corrected chi connectivity index (χ1v) is 12.6. The lowest BCUT2D eigenvalue weighted by Gasteiger charge is -2.44. The van der Waals surface area contributed by atoms with Crippen LogP contribution in [0.25, 0.3) is 0 Å². The summed E-state index contributed by atoms with van der Waals surface area (Å²) < 4.78 is 10.4. The number of rotatable bonds is 7. The lowest BCUT2D eigenvalue weighted by molar-refractivity contribution is -0.188. The molecule has 0 saturated carbocycles. The van der Waals surface area contributed by atoms with Crippen molar-refractivity contribution >= 4 is 5.78 Å². The first-order valence-electron chi connectivity index (χ1n) is 12.6. The molecule has 3 N–H and O–H groups in total. The van der Waals surface area contributed by atoms with Crippen molar-refractivity contribution in [2.45, 2.75) is 38.0 Å². The van der Waals surface area contributed by atoms with Gasteiger partial charge in [0.15, 0.2) is 5.78 Å². The maximum atomic E-state index is 12.9. The Hall–Kier alpha value is -3.33. The van der Waals surface area contributed by atoms with Gasteiger partial charge in [-0.1, -0.05) is 12.1 Å². The van der Waals surface area contributed by atoms with Crippen LogP contribution >= 0.6 is 0 Å². The molecule has 2 aromatic rings. The van der Waals surface area contributed by atoms with Crippen LogP contribution in [0.4, 0.5) is 0 Å². The Bertz CT molecular complexity index is 1040. The minimum atomic E-state index is -0.309. The maximum Gasteiger partial charge on any atom is 0.204 e. The van der Waals surface area contributed by atoms with E-state index in [1.807, 2.05) is 36.4 Å². The number of Topliss-reactive ketones (excluding diaryl/α,β-unsaturated/α-hetero) is 1. The molecule has 0 aromatic heterocycles. The molecule has 2 unspecified atom stereocenters. The SMILES string of the molecule is COc1ccc(CN2CCC(O)C(N3CCC(C(=O)c4ccc(OC)cc4)CC3)C2)cc1.OOC#COO. The van der Waals surface area contributed by atoms with Gasteiger partial charge in [-0.25, -0.2) is 0 Å². The van der Waals surface area contributed by atoms with Gasteiger partial charge in [0.1, 0.15) is 11.5 Å². The molecule has 2 atom stereocenters. The van der Waals surface area contributed by atoms with Crippen molar-refractivity contribution in [2.24, 2.45) is 5.92 Å². The maximum absolute atomic E-state index is 12.9. The Kier molecular flexibility index (Phi) is 11.7. The molecular weight excluding hydrogens is 492 g/mol. The smallest absolute Gasteiger partial charge is 0.204 e. The average Bonchev–Trinajstić information content (AvgIpc) is 2.97. The van der Waals surface area contributed by atoms with Crippen molar-refractivity contribution in [3.05, 3.63) is 59.7 Å². The summed E-state index contributed by atoms with van der Waals surface area (Å²) in [6, 6.07) is 15.7. The van der Waals surface area contributed by atoms with Gasteiger partial charge < -0.3 is 14.6 Å². The number of methoxy groups -OCH3 is 2. The summed E-state index contributed by atoms with van der Waals surface area (Å²) in [6.45, 7) is 4.33. The summed E-state index contributed by atoms with van der Waals surface area (Å²) in [6.07, 6.45) is 5.22. The van der Waals surface area contributed by atoms with E-state index >= 15 is 0 Å².